The van der Waals surface area contributed by atoms with Crippen LogP contribution in [0, 0.1) is 11.3 Å². The molecule has 2 atom stereocenters. The Kier molecular flexibility index (Phi) is 3.16. The lowest BCUT2D eigenvalue weighted by Gasteiger charge is -2.29. The summed E-state index contributed by atoms with van der Waals surface area (Å²) >= 11 is 1.71. The van der Waals surface area contributed by atoms with Gasteiger partial charge in [-0.05, 0) is 49.5 Å². The molecule has 2 fully saturated rings. The molecule has 0 radical (unpaired) electrons. The molecule has 1 saturated carbocycles. The number of hydrogen-bond donors (Lipinski definition) is 1. The molecule has 1 saturated heterocycles. The highest BCUT2D eigenvalue weighted by Gasteiger charge is 2.55. The third-order valence-electron chi connectivity index (χ3n) is 4.26. The minimum atomic E-state index is -0.659. The molecule has 4 heteroatoms. The van der Waals surface area contributed by atoms with Gasteiger partial charge in [0, 0.05) is 11.5 Å². The second-order valence-electron chi connectivity index (χ2n) is 5.42. The molecule has 0 spiro atoms. The fraction of sp³-hybridized carbons (Fsp3) is 0.643. The third kappa shape index (κ3) is 2.08. The molecule has 1 aromatic heterocycles. The van der Waals surface area contributed by atoms with Crippen molar-refractivity contribution in [3.8, 4) is 0 Å². The SMILES string of the molecule is O=C(O)C1(CCc2cccs2)CCOC1C1CC1. The molecule has 2 heterocycles. The molecule has 1 N–H and O–H groups in total. The zero-order valence-corrected chi connectivity index (χ0v) is 11.1. The van der Waals surface area contributed by atoms with Crippen LogP contribution in [0.4, 0.5) is 0 Å². The van der Waals surface area contributed by atoms with Gasteiger partial charge < -0.3 is 9.84 Å². The summed E-state index contributed by atoms with van der Waals surface area (Å²) in [6.07, 6.45) is 4.47. The van der Waals surface area contributed by atoms with Gasteiger partial charge in [-0.25, -0.2) is 0 Å². The molecule has 98 valence electrons. The van der Waals surface area contributed by atoms with Crippen molar-refractivity contribution >= 4 is 17.3 Å². The highest BCUT2D eigenvalue weighted by Crippen LogP contribution is 2.50. The molecule has 0 bridgehead atoms. The Morgan fingerprint density at radius 1 is 1.56 bits per heavy atom. The van der Waals surface area contributed by atoms with Gasteiger partial charge >= 0.3 is 5.97 Å². The molecule has 2 unspecified atom stereocenters. The summed E-state index contributed by atoms with van der Waals surface area (Å²) in [6.45, 7) is 0.609. The number of carboxylic acids is 1. The largest absolute Gasteiger partial charge is 0.481 e. The number of thiophene rings is 1. The van der Waals surface area contributed by atoms with Gasteiger partial charge in [-0.1, -0.05) is 6.07 Å². The standard InChI is InChI=1S/C14H18O3S/c15-13(16)14(6-5-11-2-1-9-18-11)7-8-17-12(14)10-3-4-10/h1-2,9-10,12H,3-8H2,(H,15,16). The van der Waals surface area contributed by atoms with Crippen LogP contribution in [0.2, 0.25) is 0 Å². The minimum Gasteiger partial charge on any atom is -0.481 e. The van der Waals surface area contributed by atoms with Crippen molar-refractivity contribution in [1.29, 1.82) is 0 Å². The van der Waals surface area contributed by atoms with Crippen LogP contribution in [0.5, 0.6) is 0 Å². The number of rotatable bonds is 5. The lowest BCUT2D eigenvalue weighted by molar-refractivity contribution is -0.153. The maximum absolute atomic E-state index is 11.7. The molecule has 3 rings (SSSR count). The average molecular weight is 266 g/mol. The summed E-state index contributed by atoms with van der Waals surface area (Å²) in [5, 5.41) is 11.7. The first kappa shape index (κ1) is 12.2. The number of hydrogen-bond acceptors (Lipinski definition) is 3. The van der Waals surface area contributed by atoms with Crippen molar-refractivity contribution in [2.24, 2.45) is 11.3 Å². The highest BCUT2D eigenvalue weighted by atomic mass is 32.1. The van der Waals surface area contributed by atoms with Crippen molar-refractivity contribution < 1.29 is 14.6 Å². The van der Waals surface area contributed by atoms with Crippen molar-refractivity contribution in [1.82, 2.24) is 0 Å². The molecule has 1 aliphatic heterocycles. The van der Waals surface area contributed by atoms with E-state index in [0.717, 1.165) is 19.3 Å². The zero-order chi connectivity index (χ0) is 12.6. The molecule has 1 aliphatic carbocycles. The molecule has 1 aromatic rings. The number of carboxylic acid groups (broad SMARTS) is 1. The van der Waals surface area contributed by atoms with Gasteiger partial charge in [-0.3, -0.25) is 4.79 Å². The van der Waals surface area contributed by atoms with Crippen molar-refractivity contribution in [2.75, 3.05) is 6.61 Å². The Hall–Kier alpha value is -0.870. The number of aliphatic carboxylic acids is 1. The van der Waals surface area contributed by atoms with Crippen molar-refractivity contribution in [3.05, 3.63) is 22.4 Å². The number of carbonyl (C=O) groups is 1. The average Bonchev–Trinajstić information content (AvgIpc) is 2.91. The zero-order valence-electron chi connectivity index (χ0n) is 10.3. The van der Waals surface area contributed by atoms with Gasteiger partial charge in [0.1, 0.15) is 0 Å². The van der Waals surface area contributed by atoms with Crippen LogP contribution in [0.3, 0.4) is 0 Å². The van der Waals surface area contributed by atoms with Gasteiger partial charge in [-0.15, -0.1) is 11.3 Å². The van der Waals surface area contributed by atoms with E-state index in [1.165, 1.54) is 4.88 Å². The van der Waals surface area contributed by atoms with Crippen LogP contribution in [0.25, 0.3) is 0 Å². The maximum atomic E-state index is 11.7. The Balaban J connectivity index is 1.75. The monoisotopic (exact) mass is 266 g/mol. The van der Waals surface area contributed by atoms with E-state index >= 15 is 0 Å². The van der Waals surface area contributed by atoms with Crippen molar-refractivity contribution in [2.45, 2.75) is 38.2 Å². The van der Waals surface area contributed by atoms with E-state index in [1.54, 1.807) is 11.3 Å². The topological polar surface area (TPSA) is 46.5 Å². The first-order chi connectivity index (χ1) is 8.72. The third-order valence-corrected chi connectivity index (χ3v) is 5.20. The first-order valence-electron chi connectivity index (χ1n) is 6.60. The van der Waals surface area contributed by atoms with Gasteiger partial charge in [-0.2, -0.15) is 0 Å². The quantitative estimate of drug-likeness (QED) is 0.891. The van der Waals surface area contributed by atoms with Gasteiger partial charge in [0.2, 0.25) is 0 Å². The minimum absolute atomic E-state index is 0.0463. The van der Waals surface area contributed by atoms with E-state index in [9.17, 15) is 9.90 Å². The summed E-state index contributed by atoms with van der Waals surface area (Å²) in [5.41, 5.74) is -0.634. The molecule has 2 aliphatic rings. The summed E-state index contributed by atoms with van der Waals surface area (Å²) in [6, 6.07) is 4.11. The second-order valence-corrected chi connectivity index (χ2v) is 6.45. The summed E-state index contributed by atoms with van der Waals surface area (Å²) in [4.78, 5) is 13.0. The van der Waals surface area contributed by atoms with Crippen LogP contribution in [-0.2, 0) is 16.0 Å². The molecule has 3 nitrogen and oxygen atoms in total. The Morgan fingerprint density at radius 2 is 2.39 bits per heavy atom. The smallest absolute Gasteiger partial charge is 0.312 e. The van der Waals surface area contributed by atoms with Crippen LogP contribution < -0.4 is 0 Å². The molecular weight excluding hydrogens is 248 g/mol. The Morgan fingerprint density at radius 3 is 3.00 bits per heavy atom. The van der Waals surface area contributed by atoms with E-state index in [4.69, 9.17) is 4.74 Å². The normalized spacial score (nSPS) is 31.7. The Labute approximate surface area is 111 Å². The summed E-state index contributed by atoms with van der Waals surface area (Å²) in [7, 11) is 0. The van der Waals surface area contributed by atoms with Gasteiger partial charge in [0.15, 0.2) is 0 Å². The second kappa shape index (κ2) is 4.67. The molecule has 0 aromatic carbocycles. The fourth-order valence-electron chi connectivity index (χ4n) is 3.06. The predicted molar refractivity (Wildman–Crippen MR) is 69.8 cm³/mol. The van der Waals surface area contributed by atoms with Crippen LogP contribution in [-0.4, -0.2) is 23.8 Å². The van der Waals surface area contributed by atoms with E-state index in [0.29, 0.717) is 25.4 Å². The predicted octanol–water partition coefficient (Wildman–Crippen LogP) is 2.95. The first-order valence-corrected chi connectivity index (χ1v) is 7.48. The Bertz CT molecular complexity index is 424. The van der Waals surface area contributed by atoms with Gasteiger partial charge in [0.25, 0.3) is 0 Å². The molecule has 0 amide bonds. The van der Waals surface area contributed by atoms with E-state index in [-0.39, 0.29) is 6.10 Å². The number of aryl methyl sites for hydroxylation is 1. The molecular formula is C14H18O3S. The lowest BCUT2D eigenvalue weighted by Crippen LogP contribution is -2.40. The summed E-state index contributed by atoms with van der Waals surface area (Å²) in [5.74, 6) is -0.166. The van der Waals surface area contributed by atoms with E-state index < -0.39 is 11.4 Å². The summed E-state index contributed by atoms with van der Waals surface area (Å²) < 4.78 is 5.75. The fourth-order valence-corrected chi connectivity index (χ4v) is 3.77. The van der Waals surface area contributed by atoms with E-state index in [1.807, 2.05) is 11.4 Å². The number of ether oxygens (including phenoxy) is 1. The van der Waals surface area contributed by atoms with E-state index in [2.05, 4.69) is 6.07 Å². The van der Waals surface area contributed by atoms with Crippen molar-refractivity contribution in [3.63, 3.8) is 0 Å². The highest BCUT2D eigenvalue weighted by molar-refractivity contribution is 7.09. The van der Waals surface area contributed by atoms with Crippen LogP contribution >= 0.6 is 11.3 Å². The van der Waals surface area contributed by atoms with Crippen LogP contribution in [0.1, 0.15) is 30.6 Å². The lowest BCUT2D eigenvalue weighted by atomic mass is 9.75. The van der Waals surface area contributed by atoms with Crippen LogP contribution in [0.15, 0.2) is 17.5 Å². The maximum Gasteiger partial charge on any atom is 0.312 e. The van der Waals surface area contributed by atoms with Gasteiger partial charge in [0.05, 0.1) is 11.5 Å². The molecule has 18 heavy (non-hydrogen) atoms.